The van der Waals surface area contributed by atoms with Crippen molar-refractivity contribution in [3.8, 4) is 0 Å². The van der Waals surface area contributed by atoms with Crippen molar-refractivity contribution in [2.45, 2.75) is 38.1 Å². The summed E-state index contributed by atoms with van der Waals surface area (Å²) in [4.78, 5) is 2.62. The Kier molecular flexibility index (Phi) is 3.50. The second-order valence-electron chi connectivity index (χ2n) is 6.07. The maximum absolute atomic E-state index is 2.62. The molecule has 1 atom stereocenters. The quantitative estimate of drug-likeness (QED) is 0.721. The molecule has 16 heavy (non-hydrogen) atoms. The molecule has 1 fully saturated rings. The topological polar surface area (TPSA) is 3.24 Å². The van der Waals surface area contributed by atoms with Gasteiger partial charge in [-0.3, -0.25) is 4.90 Å². The van der Waals surface area contributed by atoms with Crippen LogP contribution in [0, 0.1) is 0 Å². The van der Waals surface area contributed by atoms with Crippen molar-refractivity contribution in [3.63, 3.8) is 0 Å². The minimum atomic E-state index is -0.925. The van der Waals surface area contributed by atoms with Crippen molar-refractivity contribution >= 4 is 8.07 Å². The van der Waals surface area contributed by atoms with Gasteiger partial charge in [0.2, 0.25) is 0 Å². The zero-order chi connectivity index (χ0) is 11.6. The van der Waals surface area contributed by atoms with Gasteiger partial charge in [0.15, 0.2) is 0 Å². The number of hydrogen-bond acceptors (Lipinski definition) is 1. The molecule has 0 aromatic heterocycles. The Morgan fingerprint density at radius 3 is 2.44 bits per heavy atom. The molecule has 1 aliphatic rings. The van der Waals surface area contributed by atoms with E-state index in [0.717, 1.165) is 12.1 Å². The largest absolute Gasteiger partial charge is 0.299 e. The number of rotatable bonds is 3. The average Bonchev–Trinajstić information content (AvgIpc) is 2.67. The Bertz CT molecular complexity index is 328. The second-order valence-corrected chi connectivity index (χ2v) is 11.6. The van der Waals surface area contributed by atoms with Crippen LogP contribution in [0.25, 0.3) is 0 Å². The first-order valence-corrected chi connectivity index (χ1v) is 9.90. The van der Waals surface area contributed by atoms with Gasteiger partial charge >= 0.3 is 0 Å². The molecule has 0 aliphatic carbocycles. The number of nitrogens with zero attached hydrogens (tertiary/aromatic N) is 1. The molecule has 0 spiro atoms. The molecule has 0 radical (unpaired) electrons. The smallest absolute Gasteiger partial charge is 0.0487 e. The number of benzene rings is 1. The van der Waals surface area contributed by atoms with Crippen LogP contribution in [0.5, 0.6) is 0 Å². The fourth-order valence-electron chi connectivity index (χ4n) is 2.52. The molecular weight excluding hydrogens is 210 g/mol. The first-order chi connectivity index (χ1) is 7.55. The summed E-state index contributed by atoms with van der Waals surface area (Å²) in [5, 5.41) is 0. The van der Waals surface area contributed by atoms with Crippen molar-refractivity contribution < 1.29 is 0 Å². The van der Waals surface area contributed by atoms with E-state index in [1.807, 2.05) is 0 Å². The fraction of sp³-hybridized carbons (Fsp3) is 0.571. The summed E-state index contributed by atoms with van der Waals surface area (Å²) in [6.45, 7) is 11.3. The molecule has 1 aromatic carbocycles. The van der Waals surface area contributed by atoms with Gasteiger partial charge in [-0.25, -0.2) is 0 Å². The minimum Gasteiger partial charge on any atom is -0.299 e. The standard InChI is InChI=1S/C14H23NSi/c1-16(2,3)14-9-10-15(12-14)11-13-7-5-4-6-8-13/h4-8,14H,9-12H2,1-3H3. The van der Waals surface area contributed by atoms with Gasteiger partial charge in [0, 0.05) is 14.6 Å². The third-order valence-corrected chi connectivity index (χ3v) is 6.67. The molecule has 2 rings (SSSR count). The Balaban J connectivity index is 1.91. The van der Waals surface area contributed by atoms with Gasteiger partial charge in [0.25, 0.3) is 0 Å². The van der Waals surface area contributed by atoms with Crippen LogP contribution >= 0.6 is 0 Å². The molecule has 0 saturated carbocycles. The highest BCUT2D eigenvalue weighted by molar-refractivity contribution is 6.77. The van der Waals surface area contributed by atoms with E-state index in [1.165, 1.54) is 25.1 Å². The van der Waals surface area contributed by atoms with Crippen LogP contribution in [0.15, 0.2) is 30.3 Å². The average molecular weight is 233 g/mol. The first-order valence-electron chi connectivity index (χ1n) is 6.32. The van der Waals surface area contributed by atoms with E-state index >= 15 is 0 Å². The summed E-state index contributed by atoms with van der Waals surface area (Å²) in [5.74, 6) is 0. The zero-order valence-electron chi connectivity index (χ0n) is 10.7. The first kappa shape index (κ1) is 11.9. The molecule has 0 N–H and O–H groups in total. The highest BCUT2D eigenvalue weighted by Crippen LogP contribution is 2.32. The lowest BCUT2D eigenvalue weighted by atomic mass is 10.2. The fourth-order valence-corrected chi connectivity index (χ4v) is 4.33. The Labute approximate surface area is 100 Å². The van der Waals surface area contributed by atoms with Gasteiger partial charge < -0.3 is 0 Å². The van der Waals surface area contributed by atoms with Crippen molar-refractivity contribution in [3.05, 3.63) is 35.9 Å². The van der Waals surface area contributed by atoms with E-state index in [2.05, 4.69) is 54.9 Å². The summed E-state index contributed by atoms with van der Waals surface area (Å²) < 4.78 is 0. The molecule has 1 nitrogen and oxygen atoms in total. The molecule has 1 unspecified atom stereocenters. The van der Waals surface area contributed by atoms with Crippen LogP contribution in [0.3, 0.4) is 0 Å². The highest BCUT2D eigenvalue weighted by atomic mass is 28.3. The molecule has 1 heterocycles. The summed E-state index contributed by atoms with van der Waals surface area (Å²) in [6, 6.07) is 10.9. The summed E-state index contributed by atoms with van der Waals surface area (Å²) >= 11 is 0. The highest BCUT2D eigenvalue weighted by Gasteiger charge is 2.32. The maximum atomic E-state index is 2.62. The molecule has 0 bridgehead atoms. The van der Waals surface area contributed by atoms with Gasteiger partial charge in [0.05, 0.1) is 0 Å². The molecule has 1 aromatic rings. The predicted molar refractivity (Wildman–Crippen MR) is 73.4 cm³/mol. The minimum absolute atomic E-state index is 0.925. The van der Waals surface area contributed by atoms with Crippen LogP contribution < -0.4 is 0 Å². The van der Waals surface area contributed by atoms with Crippen molar-refractivity contribution in [1.29, 1.82) is 0 Å². The van der Waals surface area contributed by atoms with Crippen LogP contribution in [-0.4, -0.2) is 26.1 Å². The molecule has 0 amide bonds. The van der Waals surface area contributed by atoms with Crippen molar-refractivity contribution in [1.82, 2.24) is 4.90 Å². The predicted octanol–water partition coefficient (Wildman–Crippen LogP) is 3.60. The Hall–Kier alpha value is -0.603. The molecule has 2 heteroatoms. The van der Waals surface area contributed by atoms with Crippen LogP contribution in [0.4, 0.5) is 0 Å². The molecular formula is C14H23NSi. The summed E-state index contributed by atoms with van der Waals surface area (Å²) in [6.07, 6.45) is 1.42. The van der Waals surface area contributed by atoms with E-state index in [4.69, 9.17) is 0 Å². The van der Waals surface area contributed by atoms with E-state index < -0.39 is 8.07 Å². The van der Waals surface area contributed by atoms with Gasteiger partial charge in [-0.15, -0.1) is 0 Å². The van der Waals surface area contributed by atoms with E-state index in [-0.39, 0.29) is 0 Å². The molecule has 1 aliphatic heterocycles. The van der Waals surface area contributed by atoms with Crippen LogP contribution in [0.2, 0.25) is 25.2 Å². The monoisotopic (exact) mass is 233 g/mol. The van der Waals surface area contributed by atoms with Gasteiger partial charge in [-0.1, -0.05) is 50.0 Å². The van der Waals surface area contributed by atoms with E-state index in [9.17, 15) is 0 Å². The van der Waals surface area contributed by atoms with E-state index in [0.29, 0.717) is 0 Å². The lowest BCUT2D eigenvalue weighted by Gasteiger charge is -2.25. The third kappa shape index (κ3) is 2.95. The Morgan fingerprint density at radius 2 is 1.88 bits per heavy atom. The third-order valence-electron chi connectivity index (χ3n) is 3.75. The molecule has 88 valence electrons. The Morgan fingerprint density at radius 1 is 1.19 bits per heavy atom. The normalized spacial score (nSPS) is 22.6. The van der Waals surface area contributed by atoms with Gasteiger partial charge in [-0.2, -0.15) is 0 Å². The van der Waals surface area contributed by atoms with Gasteiger partial charge in [-0.05, 0) is 30.6 Å². The number of likely N-dealkylation sites (tertiary alicyclic amines) is 1. The lowest BCUT2D eigenvalue weighted by molar-refractivity contribution is 0.331. The zero-order valence-corrected chi connectivity index (χ0v) is 11.7. The van der Waals surface area contributed by atoms with Crippen molar-refractivity contribution in [2.75, 3.05) is 13.1 Å². The molecule has 1 saturated heterocycles. The summed E-state index contributed by atoms with van der Waals surface area (Å²) in [7, 11) is -0.925. The number of hydrogen-bond donors (Lipinski definition) is 0. The van der Waals surface area contributed by atoms with E-state index in [1.54, 1.807) is 0 Å². The summed E-state index contributed by atoms with van der Waals surface area (Å²) in [5.41, 5.74) is 2.45. The van der Waals surface area contributed by atoms with Crippen LogP contribution in [-0.2, 0) is 6.54 Å². The second kappa shape index (κ2) is 4.72. The van der Waals surface area contributed by atoms with Crippen molar-refractivity contribution in [2.24, 2.45) is 0 Å². The maximum Gasteiger partial charge on any atom is 0.0487 e. The SMILES string of the molecule is C[Si](C)(C)C1CCN(Cc2ccccc2)C1. The van der Waals surface area contributed by atoms with Gasteiger partial charge in [0.1, 0.15) is 0 Å². The van der Waals surface area contributed by atoms with Crippen LogP contribution in [0.1, 0.15) is 12.0 Å². The lowest BCUT2D eigenvalue weighted by Crippen LogP contribution is -2.30.